The minimum Gasteiger partial charge on any atom is -0.494 e. The second-order valence-electron chi connectivity index (χ2n) is 9.31. The summed E-state index contributed by atoms with van der Waals surface area (Å²) in [5.74, 6) is 0.167. The zero-order valence-corrected chi connectivity index (χ0v) is 22.6. The lowest BCUT2D eigenvalue weighted by molar-refractivity contribution is -0.385. The Hall–Kier alpha value is -5.06. The summed E-state index contributed by atoms with van der Waals surface area (Å²) in [4.78, 5) is 40.8. The van der Waals surface area contributed by atoms with Gasteiger partial charge >= 0.3 is 5.69 Å². The molecule has 206 valence electrons. The molecule has 3 aromatic carbocycles. The van der Waals surface area contributed by atoms with Gasteiger partial charge in [0, 0.05) is 17.2 Å². The second-order valence-corrected chi connectivity index (χ2v) is 9.31. The predicted octanol–water partition coefficient (Wildman–Crippen LogP) is 4.55. The van der Waals surface area contributed by atoms with Crippen molar-refractivity contribution < 1.29 is 19.2 Å². The molecule has 0 bridgehead atoms. The van der Waals surface area contributed by atoms with Gasteiger partial charge in [-0.1, -0.05) is 32.0 Å². The van der Waals surface area contributed by atoms with Crippen LogP contribution in [0.3, 0.4) is 0 Å². The molecule has 0 saturated carbocycles. The van der Waals surface area contributed by atoms with Gasteiger partial charge in [-0.05, 0) is 61.2 Å². The molecule has 0 saturated heterocycles. The van der Waals surface area contributed by atoms with Crippen LogP contribution in [0.4, 0.5) is 5.69 Å². The molecule has 1 aromatic heterocycles. The Labute approximate surface area is 230 Å². The van der Waals surface area contributed by atoms with Crippen LogP contribution in [-0.4, -0.2) is 39.9 Å². The van der Waals surface area contributed by atoms with Gasteiger partial charge in [0.25, 0.3) is 11.5 Å². The number of hydrogen-bond donors (Lipinski definition) is 1. The highest BCUT2D eigenvalue weighted by Gasteiger charge is 2.21. The van der Waals surface area contributed by atoms with Crippen LogP contribution < -0.4 is 20.8 Å². The molecule has 40 heavy (non-hydrogen) atoms. The quantitative estimate of drug-likeness (QED) is 0.175. The third-order valence-corrected chi connectivity index (χ3v) is 6.17. The number of para-hydroxylation sites is 2. The van der Waals surface area contributed by atoms with E-state index >= 15 is 0 Å². The molecule has 0 fully saturated rings. The van der Waals surface area contributed by atoms with Crippen LogP contribution >= 0.6 is 0 Å². The van der Waals surface area contributed by atoms with Crippen molar-refractivity contribution >= 4 is 28.7 Å². The number of carbonyl (C=O) groups is 1. The van der Waals surface area contributed by atoms with Crippen LogP contribution in [-0.2, 0) is 4.79 Å². The Morgan fingerprint density at radius 3 is 2.60 bits per heavy atom. The fourth-order valence-electron chi connectivity index (χ4n) is 4.28. The Balaban J connectivity index is 1.97. The van der Waals surface area contributed by atoms with Gasteiger partial charge in [-0.15, -0.1) is 0 Å². The molecule has 0 radical (unpaired) electrons. The Bertz CT molecular complexity index is 1690. The van der Waals surface area contributed by atoms with Crippen LogP contribution in [0.5, 0.6) is 11.5 Å². The molecule has 11 heteroatoms. The number of amides is 1. The van der Waals surface area contributed by atoms with Gasteiger partial charge in [-0.25, -0.2) is 4.98 Å². The first kappa shape index (κ1) is 28.0. The summed E-state index contributed by atoms with van der Waals surface area (Å²) in [7, 11) is 0. The molecule has 0 unspecified atom stereocenters. The van der Waals surface area contributed by atoms with E-state index in [-0.39, 0.29) is 28.7 Å². The zero-order chi connectivity index (χ0) is 29.0. The van der Waals surface area contributed by atoms with Crippen molar-refractivity contribution in [2.45, 2.75) is 33.6 Å². The number of fused-ring (bicyclic) bond motifs is 1. The molecule has 0 atom stereocenters. The Morgan fingerprint density at radius 1 is 1.18 bits per heavy atom. The van der Waals surface area contributed by atoms with Crippen LogP contribution in [0.2, 0.25) is 0 Å². The minimum absolute atomic E-state index is 0.125. The number of aryl methyl sites for hydroxylation is 1. The maximum absolute atomic E-state index is 13.7. The fraction of sp³-hybridized carbons (Fsp3) is 0.241. The van der Waals surface area contributed by atoms with Gasteiger partial charge in [0.2, 0.25) is 5.75 Å². The molecule has 4 aromatic rings. The van der Waals surface area contributed by atoms with Gasteiger partial charge in [0.15, 0.2) is 12.4 Å². The van der Waals surface area contributed by atoms with Gasteiger partial charge in [-0.3, -0.25) is 19.7 Å². The van der Waals surface area contributed by atoms with Gasteiger partial charge < -0.3 is 15.2 Å². The van der Waals surface area contributed by atoms with Gasteiger partial charge in [0.1, 0.15) is 5.75 Å². The van der Waals surface area contributed by atoms with E-state index in [1.165, 1.54) is 24.4 Å². The minimum atomic E-state index is -0.801. The maximum Gasteiger partial charge on any atom is 0.311 e. The number of primary amides is 1. The molecule has 0 aliphatic rings. The maximum atomic E-state index is 13.7. The number of rotatable bonds is 10. The molecular weight excluding hydrogens is 514 g/mol. The summed E-state index contributed by atoms with van der Waals surface area (Å²) in [5.41, 5.74) is 7.49. The summed E-state index contributed by atoms with van der Waals surface area (Å²) in [6.07, 6.45) is 1.26. The average Bonchev–Trinajstić information content (AvgIpc) is 2.91. The highest BCUT2D eigenvalue weighted by atomic mass is 16.6. The molecule has 0 spiro atoms. The molecule has 2 N–H and O–H groups in total. The number of ether oxygens (including phenoxy) is 2. The molecule has 0 aliphatic carbocycles. The van der Waals surface area contributed by atoms with E-state index in [0.717, 1.165) is 21.6 Å². The van der Waals surface area contributed by atoms with Crippen molar-refractivity contribution in [3.8, 4) is 22.9 Å². The number of aromatic nitrogens is 2. The number of nitro benzene ring substituents is 1. The Morgan fingerprint density at radius 2 is 1.93 bits per heavy atom. The van der Waals surface area contributed by atoms with Crippen molar-refractivity contribution in [3.63, 3.8) is 0 Å². The topological polar surface area (TPSA) is 152 Å². The number of nitro groups is 1. The van der Waals surface area contributed by atoms with Crippen molar-refractivity contribution in [2.75, 3.05) is 13.2 Å². The summed E-state index contributed by atoms with van der Waals surface area (Å²) in [6.45, 7) is 7.84. The Kier molecular flexibility index (Phi) is 8.23. The summed E-state index contributed by atoms with van der Waals surface area (Å²) >= 11 is 0. The third kappa shape index (κ3) is 5.68. The van der Waals surface area contributed by atoms with E-state index in [4.69, 9.17) is 20.2 Å². The highest BCUT2D eigenvalue weighted by molar-refractivity contribution is 5.87. The number of hydrogen-bond acceptors (Lipinski definition) is 8. The van der Waals surface area contributed by atoms with Crippen LogP contribution in [0.15, 0.2) is 64.5 Å². The van der Waals surface area contributed by atoms with E-state index in [1.807, 2.05) is 39.8 Å². The van der Waals surface area contributed by atoms with E-state index in [2.05, 4.69) is 5.10 Å². The number of nitrogens with zero attached hydrogens (tertiary/aromatic N) is 4. The second kappa shape index (κ2) is 11.8. The van der Waals surface area contributed by atoms with E-state index in [9.17, 15) is 19.7 Å². The molecule has 0 aliphatic heterocycles. The summed E-state index contributed by atoms with van der Waals surface area (Å²) in [5, 5.41) is 16.4. The smallest absolute Gasteiger partial charge is 0.311 e. The molecular formula is C29H29N5O6. The van der Waals surface area contributed by atoms with Crippen molar-refractivity contribution in [2.24, 2.45) is 10.8 Å². The number of nitrogens with two attached hydrogens (primary N) is 1. The lowest BCUT2D eigenvalue weighted by Gasteiger charge is -2.18. The van der Waals surface area contributed by atoms with Crippen molar-refractivity contribution in [3.05, 3.63) is 91.8 Å². The number of carbonyl (C=O) groups excluding carboxylic acids is 1. The average molecular weight is 544 g/mol. The lowest BCUT2D eigenvalue weighted by atomic mass is 9.96. The van der Waals surface area contributed by atoms with Crippen molar-refractivity contribution in [1.82, 2.24) is 9.66 Å². The van der Waals surface area contributed by atoms with Gasteiger partial charge in [0.05, 0.1) is 28.6 Å². The number of benzene rings is 3. The zero-order valence-electron chi connectivity index (χ0n) is 22.6. The largest absolute Gasteiger partial charge is 0.494 e. The van der Waals surface area contributed by atoms with Crippen LogP contribution in [0.1, 0.15) is 43.4 Å². The van der Waals surface area contributed by atoms with E-state index < -0.39 is 23.0 Å². The SMILES string of the molecule is CCOc1cc(C)c(-c2nc3ccccc3c(=O)n2N=Cc2cccc([N+](=O)[O-])c2OCC(N)=O)cc1C(C)C. The van der Waals surface area contributed by atoms with Crippen molar-refractivity contribution in [1.29, 1.82) is 0 Å². The van der Waals surface area contributed by atoms with E-state index in [0.29, 0.717) is 23.1 Å². The first-order chi connectivity index (χ1) is 19.1. The predicted molar refractivity (Wildman–Crippen MR) is 152 cm³/mol. The summed E-state index contributed by atoms with van der Waals surface area (Å²) < 4.78 is 12.4. The molecule has 1 heterocycles. The molecule has 11 nitrogen and oxygen atoms in total. The normalized spacial score (nSPS) is 11.3. The van der Waals surface area contributed by atoms with Crippen LogP contribution in [0.25, 0.3) is 22.3 Å². The van der Waals surface area contributed by atoms with Crippen LogP contribution in [0, 0.1) is 17.0 Å². The fourth-order valence-corrected chi connectivity index (χ4v) is 4.28. The first-order valence-electron chi connectivity index (χ1n) is 12.6. The lowest BCUT2D eigenvalue weighted by Crippen LogP contribution is -2.21. The standard InChI is InChI=1S/C29H29N5O6/c1-5-39-25-13-18(4)22(14-21(25)17(2)3)28-32-23-11-7-6-10-20(23)29(36)33(28)31-15-19-9-8-12-24(34(37)38)27(19)40-16-26(30)35/h6-15,17H,5,16H2,1-4H3,(H2,30,35). The first-order valence-corrected chi connectivity index (χ1v) is 12.6. The molecule has 4 rings (SSSR count). The van der Waals surface area contributed by atoms with Gasteiger partial charge in [-0.2, -0.15) is 9.78 Å². The van der Waals surface area contributed by atoms with E-state index in [1.54, 1.807) is 24.3 Å². The third-order valence-electron chi connectivity index (χ3n) is 6.17. The summed E-state index contributed by atoms with van der Waals surface area (Å²) in [6, 6.07) is 15.0. The monoisotopic (exact) mass is 543 g/mol. The molecule has 1 amide bonds. The highest BCUT2D eigenvalue weighted by Crippen LogP contribution is 2.34.